The van der Waals surface area contributed by atoms with Crippen molar-refractivity contribution in [1.29, 1.82) is 0 Å². The minimum atomic E-state index is 0.267. The lowest BCUT2D eigenvalue weighted by molar-refractivity contribution is 0.685. The number of nitrogens with zero attached hydrogens (tertiary/aromatic N) is 4. The van der Waals surface area contributed by atoms with Gasteiger partial charge >= 0.3 is 0 Å². The summed E-state index contributed by atoms with van der Waals surface area (Å²) < 4.78 is 1.81. The van der Waals surface area contributed by atoms with Crippen LogP contribution in [0.4, 0.5) is 5.69 Å². The number of anilines is 1. The number of thiazole rings is 1. The second-order valence-electron chi connectivity index (χ2n) is 4.56. The molecule has 0 aliphatic rings. The van der Waals surface area contributed by atoms with Crippen molar-refractivity contribution >= 4 is 17.0 Å². The molecule has 0 radical (unpaired) electrons. The van der Waals surface area contributed by atoms with E-state index in [4.69, 9.17) is 0 Å². The predicted molar refractivity (Wildman–Crippen MR) is 79.7 cm³/mol. The van der Waals surface area contributed by atoms with E-state index in [1.54, 1.807) is 24.0 Å². The van der Waals surface area contributed by atoms with Gasteiger partial charge in [-0.2, -0.15) is 5.10 Å². The maximum Gasteiger partial charge on any atom is 0.137 e. The van der Waals surface area contributed by atoms with Gasteiger partial charge < -0.3 is 5.32 Å². The summed E-state index contributed by atoms with van der Waals surface area (Å²) >= 11 is 1.66. The molecule has 2 heterocycles. The van der Waals surface area contributed by atoms with Crippen molar-refractivity contribution in [2.45, 2.75) is 19.5 Å². The van der Waals surface area contributed by atoms with Crippen LogP contribution in [0.25, 0.3) is 0 Å². The van der Waals surface area contributed by atoms with Crippen LogP contribution in [0.2, 0.25) is 0 Å². The third-order valence-electron chi connectivity index (χ3n) is 3.03. The highest BCUT2D eigenvalue weighted by molar-refractivity contribution is 7.09. The molecule has 1 N–H and O–H groups in total. The lowest BCUT2D eigenvalue weighted by Crippen LogP contribution is -2.05. The molecule has 0 bridgehead atoms. The molecule has 1 unspecified atom stereocenters. The first-order valence-corrected chi connectivity index (χ1v) is 7.25. The monoisotopic (exact) mass is 285 g/mol. The Hall–Kier alpha value is -2.21. The summed E-state index contributed by atoms with van der Waals surface area (Å²) in [6, 6.07) is 8.64. The van der Waals surface area contributed by atoms with Gasteiger partial charge in [-0.25, -0.2) is 9.67 Å². The SMILES string of the molecule is CC(Nc1ccc(Cn2cncn2)cc1)c1cncs1. The molecule has 0 saturated heterocycles. The quantitative estimate of drug-likeness (QED) is 0.783. The summed E-state index contributed by atoms with van der Waals surface area (Å²) in [6.45, 7) is 2.88. The molecule has 0 fully saturated rings. The molecule has 0 aliphatic heterocycles. The third-order valence-corrected chi connectivity index (χ3v) is 3.98. The highest BCUT2D eigenvalue weighted by Gasteiger charge is 2.06. The Kier molecular flexibility index (Phi) is 3.73. The summed E-state index contributed by atoms with van der Waals surface area (Å²) in [5.74, 6) is 0. The normalized spacial score (nSPS) is 12.2. The first-order valence-electron chi connectivity index (χ1n) is 6.37. The Balaban J connectivity index is 1.64. The summed E-state index contributed by atoms with van der Waals surface area (Å²) in [4.78, 5) is 9.28. The van der Waals surface area contributed by atoms with Crippen LogP contribution in [0.3, 0.4) is 0 Å². The average Bonchev–Trinajstić information content (AvgIpc) is 3.13. The van der Waals surface area contributed by atoms with E-state index in [2.05, 4.69) is 51.6 Å². The van der Waals surface area contributed by atoms with Gasteiger partial charge in [0.1, 0.15) is 12.7 Å². The van der Waals surface area contributed by atoms with Crippen molar-refractivity contribution in [3.8, 4) is 0 Å². The molecule has 3 rings (SSSR count). The van der Waals surface area contributed by atoms with Crippen LogP contribution in [0.1, 0.15) is 23.4 Å². The Labute approximate surface area is 121 Å². The van der Waals surface area contributed by atoms with Gasteiger partial charge in [0.15, 0.2) is 0 Å². The van der Waals surface area contributed by atoms with Crippen LogP contribution in [-0.2, 0) is 6.54 Å². The van der Waals surface area contributed by atoms with Crippen molar-refractivity contribution in [3.63, 3.8) is 0 Å². The fourth-order valence-corrected chi connectivity index (χ4v) is 2.60. The molecule has 3 aromatic rings. The smallest absolute Gasteiger partial charge is 0.137 e. The van der Waals surface area contributed by atoms with Gasteiger partial charge in [0.05, 0.1) is 18.1 Å². The summed E-state index contributed by atoms with van der Waals surface area (Å²) in [5.41, 5.74) is 4.16. The van der Waals surface area contributed by atoms with Crippen LogP contribution in [-0.4, -0.2) is 19.7 Å². The molecule has 0 aliphatic carbocycles. The zero-order valence-corrected chi connectivity index (χ0v) is 11.9. The second-order valence-corrected chi connectivity index (χ2v) is 5.48. The van der Waals surface area contributed by atoms with Gasteiger partial charge in [0.2, 0.25) is 0 Å². The highest BCUT2D eigenvalue weighted by atomic mass is 32.1. The van der Waals surface area contributed by atoms with Gasteiger partial charge in [0, 0.05) is 16.8 Å². The molecular formula is C14H15N5S. The van der Waals surface area contributed by atoms with Crippen LogP contribution in [0.15, 0.2) is 48.6 Å². The highest BCUT2D eigenvalue weighted by Crippen LogP contribution is 2.22. The third kappa shape index (κ3) is 3.03. The first kappa shape index (κ1) is 12.8. The maximum absolute atomic E-state index is 4.10. The molecule has 0 saturated carbocycles. The number of hydrogen-bond donors (Lipinski definition) is 1. The van der Waals surface area contributed by atoms with E-state index in [-0.39, 0.29) is 6.04 Å². The number of rotatable bonds is 5. The van der Waals surface area contributed by atoms with E-state index < -0.39 is 0 Å². The molecule has 5 nitrogen and oxygen atoms in total. The number of hydrogen-bond acceptors (Lipinski definition) is 5. The van der Waals surface area contributed by atoms with Gasteiger partial charge in [-0.15, -0.1) is 11.3 Å². The molecule has 0 spiro atoms. The van der Waals surface area contributed by atoms with Gasteiger partial charge in [-0.1, -0.05) is 12.1 Å². The minimum absolute atomic E-state index is 0.267. The van der Waals surface area contributed by atoms with E-state index in [9.17, 15) is 0 Å². The van der Waals surface area contributed by atoms with Crippen LogP contribution < -0.4 is 5.32 Å². The van der Waals surface area contributed by atoms with Crippen molar-refractivity contribution in [3.05, 3.63) is 59.1 Å². The van der Waals surface area contributed by atoms with E-state index >= 15 is 0 Å². The van der Waals surface area contributed by atoms with E-state index in [0.717, 1.165) is 12.2 Å². The summed E-state index contributed by atoms with van der Waals surface area (Å²) in [6.07, 6.45) is 5.17. The second kappa shape index (κ2) is 5.83. The fraction of sp³-hybridized carbons (Fsp3) is 0.214. The van der Waals surface area contributed by atoms with Crippen molar-refractivity contribution in [1.82, 2.24) is 19.7 Å². The Morgan fingerprint density at radius 1 is 1.25 bits per heavy atom. The fourth-order valence-electron chi connectivity index (χ4n) is 1.97. The molecule has 1 aromatic carbocycles. The standard InChI is InChI=1S/C14H15N5S/c1-11(14-6-15-10-20-14)18-13-4-2-12(3-5-13)7-19-9-16-8-17-19/h2-6,8-11,18H,7H2,1H3. The zero-order chi connectivity index (χ0) is 13.8. The number of nitrogens with one attached hydrogen (secondary N) is 1. The molecule has 0 amide bonds. The molecule has 1 atom stereocenters. The summed E-state index contributed by atoms with van der Waals surface area (Å²) in [5, 5.41) is 7.57. The summed E-state index contributed by atoms with van der Waals surface area (Å²) in [7, 11) is 0. The largest absolute Gasteiger partial charge is 0.378 e. The zero-order valence-electron chi connectivity index (χ0n) is 11.1. The van der Waals surface area contributed by atoms with Gasteiger partial charge in [-0.05, 0) is 24.6 Å². The number of aromatic nitrogens is 4. The van der Waals surface area contributed by atoms with Crippen LogP contribution >= 0.6 is 11.3 Å². The van der Waals surface area contributed by atoms with E-state index in [1.807, 2.05) is 16.4 Å². The molecule has 102 valence electrons. The minimum Gasteiger partial charge on any atom is -0.378 e. The lowest BCUT2D eigenvalue weighted by Gasteiger charge is -2.13. The predicted octanol–water partition coefficient (Wildman–Crippen LogP) is 2.96. The van der Waals surface area contributed by atoms with Crippen molar-refractivity contribution < 1.29 is 0 Å². The van der Waals surface area contributed by atoms with Crippen LogP contribution in [0, 0.1) is 0 Å². The Morgan fingerprint density at radius 2 is 2.10 bits per heavy atom. The molecule has 6 heteroatoms. The van der Waals surface area contributed by atoms with E-state index in [0.29, 0.717) is 0 Å². The number of benzene rings is 1. The van der Waals surface area contributed by atoms with Crippen LogP contribution in [0.5, 0.6) is 0 Å². The Morgan fingerprint density at radius 3 is 2.75 bits per heavy atom. The molecule has 2 aromatic heterocycles. The van der Waals surface area contributed by atoms with Crippen molar-refractivity contribution in [2.75, 3.05) is 5.32 Å². The molecular weight excluding hydrogens is 270 g/mol. The topological polar surface area (TPSA) is 55.6 Å². The van der Waals surface area contributed by atoms with E-state index in [1.165, 1.54) is 10.4 Å². The van der Waals surface area contributed by atoms with Gasteiger partial charge in [-0.3, -0.25) is 4.98 Å². The van der Waals surface area contributed by atoms with Crippen molar-refractivity contribution in [2.24, 2.45) is 0 Å². The maximum atomic E-state index is 4.10. The molecule has 20 heavy (non-hydrogen) atoms. The lowest BCUT2D eigenvalue weighted by atomic mass is 10.2. The Bertz CT molecular complexity index is 631. The van der Waals surface area contributed by atoms with Gasteiger partial charge in [0.25, 0.3) is 0 Å². The average molecular weight is 285 g/mol. The first-order chi connectivity index (χ1) is 9.81.